The van der Waals surface area contributed by atoms with Crippen molar-refractivity contribution in [1.29, 1.82) is 0 Å². The van der Waals surface area contributed by atoms with Gasteiger partial charge in [-0.1, -0.05) is 13.8 Å². The Balaban J connectivity index is 1.64. The van der Waals surface area contributed by atoms with Gasteiger partial charge in [-0.2, -0.15) is 0 Å². The van der Waals surface area contributed by atoms with E-state index < -0.39 is 0 Å². The van der Waals surface area contributed by atoms with Gasteiger partial charge in [0.15, 0.2) is 0 Å². The third-order valence-corrected chi connectivity index (χ3v) is 5.02. The van der Waals surface area contributed by atoms with Crippen molar-refractivity contribution >= 4 is 11.8 Å². The van der Waals surface area contributed by atoms with Gasteiger partial charge in [0.1, 0.15) is 12.7 Å². The summed E-state index contributed by atoms with van der Waals surface area (Å²) in [6, 6.07) is 0. The molecule has 124 valence electrons. The van der Waals surface area contributed by atoms with E-state index in [-0.39, 0.29) is 24.5 Å². The molecule has 2 amide bonds. The molecule has 0 aromatic rings. The van der Waals surface area contributed by atoms with Gasteiger partial charge in [0.25, 0.3) is 0 Å². The standard InChI is InChI=1S/C16H28N4O2/c1-12(2)7-18-10-16(22)20-11-15(21)19(9-14(18)20)8-13-3-5-17-6-4-13/h12-14,17H,3-11H2,1-2H3. The first-order chi connectivity index (χ1) is 10.5. The molecule has 3 saturated heterocycles. The van der Waals surface area contributed by atoms with Crippen LogP contribution < -0.4 is 5.32 Å². The Morgan fingerprint density at radius 1 is 1.14 bits per heavy atom. The fraction of sp³-hybridized carbons (Fsp3) is 0.875. The van der Waals surface area contributed by atoms with Gasteiger partial charge in [-0.3, -0.25) is 14.5 Å². The molecule has 0 aliphatic carbocycles. The van der Waals surface area contributed by atoms with Crippen LogP contribution in [0.3, 0.4) is 0 Å². The summed E-state index contributed by atoms with van der Waals surface area (Å²) in [5.74, 6) is 1.37. The van der Waals surface area contributed by atoms with E-state index in [0.29, 0.717) is 24.9 Å². The van der Waals surface area contributed by atoms with Crippen LogP contribution in [0.2, 0.25) is 0 Å². The number of nitrogens with one attached hydrogen (secondary N) is 1. The van der Waals surface area contributed by atoms with Crippen molar-refractivity contribution in [1.82, 2.24) is 20.0 Å². The molecule has 3 rings (SSSR count). The van der Waals surface area contributed by atoms with Crippen molar-refractivity contribution < 1.29 is 9.59 Å². The number of hydrogen-bond acceptors (Lipinski definition) is 4. The lowest BCUT2D eigenvalue weighted by atomic mass is 9.97. The Labute approximate surface area is 132 Å². The molecule has 3 aliphatic rings. The SMILES string of the molecule is CC(C)CN1CC(=O)N2CC(=O)N(CC3CCNCC3)CC12. The zero-order valence-electron chi connectivity index (χ0n) is 13.8. The van der Waals surface area contributed by atoms with Crippen molar-refractivity contribution in [3.8, 4) is 0 Å². The second-order valence-electron chi connectivity index (χ2n) is 7.32. The number of piperidine rings is 1. The summed E-state index contributed by atoms with van der Waals surface area (Å²) in [5, 5.41) is 3.37. The second kappa shape index (κ2) is 6.54. The van der Waals surface area contributed by atoms with Gasteiger partial charge in [-0.05, 0) is 37.8 Å². The van der Waals surface area contributed by atoms with E-state index in [1.54, 1.807) is 4.90 Å². The number of amides is 2. The first kappa shape index (κ1) is 15.7. The normalized spacial score (nSPS) is 27.9. The molecule has 3 fully saturated rings. The molecular formula is C16H28N4O2. The lowest BCUT2D eigenvalue weighted by Crippen LogP contribution is -2.59. The summed E-state index contributed by atoms with van der Waals surface area (Å²) in [6.45, 7) is 9.65. The fourth-order valence-electron chi connectivity index (χ4n) is 3.89. The highest BCUT2D eigenvalue weighted by molar-refractivity contribution is 5.88. The van der Waals surface area contributed by atoms with E-state index in [2.05, 4.69) is 24.1 Å². The lowest BCUT2D eigenvalue weighted by Gasteiger charge is -2.41. The van der Waals surface area contributed by atoms with Crippen LogP contribution in [0.15, 0.2) is 0 Å². The zero-order chi connectivity index (χ0) is 15.7. The predicted molar refractivity (Wildman–Crippen MR) is 84.1 cm³/mol. The maximum atomic E-state index is 12.4. The van der Waals surface area contributed by atoms with Gasteiger partial charge in [0, 0.05) is 13.1 Å². The number of hydrogen-bond donors (Lipinski definition) is 1. The first-order valence-electron chi connectivity index (χ1n) is 8.56. The average molecular weight is 308 g/mol. The minimum absolute atomic E-state index is 0.0920. The molecule has 0 bridgehead atoms. The number of nitrogens with zero attached hydrogens (tertiary/aromatic N) is 3. The monoisotopic (exact) mass is 308 g/mol. The molecule has 0 saturated carbocycles. The molecule has 3 aliphatic heterocycles. The third-order valence-electron chi connectivity index (χ3n) is 5.02. The summed E-state index contributed by atoms with van der Waals surface area (Å²) >= 11 is 0. The molecule has 0 radical (unpaired) electrons. The van der Waals surface area contributed by atoms with Gasteiger partial charge in [-0.25, -0.2) is 0 Å². The number of piperazine rings is 1. The summed E-state index contributed by atoms with van der Waals surface area (Å²) in [6.07, 6.45) is 2.38. The average Bonchev–Trinajstić information content (AvgIpc) is 2.76. The number of carbonyl (C=O) groups excluding carboxylic acids is 2. The Kier molecular flexibility index (Phi) is 4.68. The number of carbonyl (C=O) groups is 2. The molecule has 1 unspecified atom stereocenters. The Morgan fingerprint density at radius 3 is 2.55 bits per heavy atom. The topological polar surface area (TPSA) is 55.9 Å². The van der Waals surface area contributed by atoms with Crippen LogP contribution in [0.4, 0.5) is 0 Å². The van der Waals surface area contributed by atoms with Gasteiger partial charge in [0.05, 0.1) is 13.1 Å². The molecular weight excluding hydrogens is 280 g/mol. The summed E-state index contributed by atoms with van der Waals surface area (Å²) in [4.78, 5) is 30.6. The van der Waals surface area contributed by atoms with Crippen molar-refractivity contribution in [3.05, 3.63) is 0 Å². The van der Waals surface area contributed by atoms with E-state index in [0.717, 1.165) is 39.0 Å². The van der Waals surface area contributed by atoms with Crippen LogP contribution >= 0.6 is 0 Å². The van der Waals surface area contributed by atoms with E-state index in [9.17, 15) is 9.59 Å². The lowest BCUT2D eigenvalue weighted by molar-refractivity contribution is -0.147. The van der Waals surface area contributed by atoms with Crippen molar-refractivity contribution in [2.24, 2.45) is 11.8 Å². The first-order valence-corrected chi connectivity index (χ1v) is 8.56. The highest BCUT2D eigenvalue weighted by Crippen LogP contribution is 2.24. The summed E-state index contributed by atoms with van der Waals surface area (Å²) in [7, 11) is 0. The molecule has 1 atom stereocenters. The molecule has 1 N–H and O–H groups in total. The minimum atomic E-state index is 0.0920. The van der Waals surface area contributed by atoms with Crippen molar-refractivity contribution in [2.75, 3.05) is 45.8 Å². The minimum Gasteiger partial charge on any atom is -0.337 e. The Morgan fingerprint density at radius 2 is 1.86 bits per heavy atom. The maximum absolute atomic E-state index is 12.4. The molecule has 3 heterocycles. The fourth-order valence-corrected chi connectivity index (χ4v) is 3.89. The molecule has 6 heteroatoms. The van der Waals surface area contributed by atoms with Gasteiger partial charge < -0.3 is 15.1 Å². The molecule has 0 aromatic heterocycles. The number of rotatable bonds is 4. The maximum Gasteiger partial charge on any atom is 0.242 e. The highest BCUT2D eigenvalue weighted by atomic mass is 16.2. The number of fused-ring (bicyclic) bond motifs is 1. The van der Waals surface area contributed by atoms with Gasteiger partial charge in [0.2, 0.25) is 11.8 Å². The van der Waals surface area contributed by atoms with Gasteiger partial charge >= 0.3 is 0 Å². The van der Waals surface area contributed by atoms with E-state index in [1.807, 2.05) is 4.90 Å². The summed E-state index contributed by atoms with van der Waals surface area (Å²) < 4.78 is 0. The Bertz CT molecular complexity index is 434. The molecule has 22 heavy (non-hydrogen) atoms. The highest BCUT2D eigenvalue weighted by Gasteiger charge is 2.44. The van der Waals surface area contributed by atoms with Crippen LogP contribution in [0.1, 0.15) is 26.7 Å². The summed E-state index contributed by atoms with van der Waals surface area (Å²) in [5.41, 5.74) is 0. The largest absolute Gasteiger partial charge is 0.337 e. The molecule has 0 spiro atoms. The van der Waals surface area contributed by atoms with Crippen LogP contribution in [0, 0.1) is 11.8 Å². The zero-order valence-corrected chi connectivity index (χ0v) is 13.8. The second-order valence-corrected chi connectivity index (χ2v) is 7.32. The van der Waals surface area contributed by atoms with Crippen LogP contribution in [-0.4, -0.2) is 78.5 Å². The van der Waals surface area contributed by atoms with Crippen LogP contribution in [0.5, 0.6) is 0 Å². The Hall–Kier alpha value is -1.14. The van der Waals surface area contributed by atoms with E-state index >= 15 is 0 Å². The van der Waals surface area contributed by atoms with Crippen molar-refractivity contribution in [3.63, 3.8) is 0 Å². The smallest absolute Gasteiger partial charge is 0.242 e. The van der Waals surface area contributed by atoms with E-state index in [4.69, 9.17) is 0 Å². The predicted octanol–water partition coefficient (Wildman–Crippen LogP) is -0.0455. The third kappa shape index (κ3) is 3.27. The van der Waals surface area contributed by atoms with E-state index in [1.165, 1.54) is 0 Å². The molecule has 6 nitrogen and oxygen atoms in total. The van der Waals surface area contributed by atoms with Crippen LogP contribution in [-0.2, 0) is 9.59 Å². The van der Waals surface area contributed by atoms with Crippen LogP contribution in [0.25, 0.3) is 0 Å². The van der Waals surface area contributed by atoms with Crippen molar-refractivity contribution in [2.45, 2.75) is 32.9 Å². The van der Waals surface area contributed by atoms with Gasteiger partial charge in [-0.15, -0.1) is 0 Å². The molecule has 0 aromatic carbocycles. The quantitative estimate of drug-likeness (QED) is 0.791.